The second-order valence-corrected chi connectivity index (χ2v) is 27.7. The van der Waals surface area contributed by atoms with Crippen molar-refractivity contribution in [2.45, 2.75) is 157 Å². The molecule has 0 aliphatic rings. The van der Waals surface area contributed by atoms with E-state index in [2.05, 4.69) is 272 Å². The maximum Gasteiger partial charge on any atom is 0.255 e. The lowest BCUT2D eigenvalue weighted by molar-refractivity contribution is -0.566. The lowest BCUT2D eigenvalue weighted by Crippen LogP contribution is -2.32. The summed E-state index contributed by atoms with van der Waals surface area (Å²) in [5.41, 5.74) is 18.3. The van der Waals surface area contributed by atoms with Crippen molar-refractivity contribution in [2.24, 2.45) is 0 Å². The van der Waals surface area contributed by atoms with Crippen LogP contribution >= 0.6 is 0 Å². The Hall–Kier alpha value is -7.31. The molecular weight excluding hydrogens is 939 g/mol. The summed E-state index contributed by atoms with van der Waals surface area (Å²) in [6.45, 7) is 41.8. The van der Waals surface area contributed by atoms with Crippen LogP contribution < -0.4 is 9.30 Å². The Morgan fingerprint density at radius 1 is 0.416 bits per heavy atom. The van der Waals surface area contributed by atoms with E-state index in [1.807, 2.05) is 24.7 Å². The van der Waals surface area contributed by atoms with Gasteiger partial charge in [-0.15, -0.1) is 0 Å². The van der Waals surface area contributed by atoms with Crippen molar-refractivity contribution >= 4 is 32.8 Å². The van der Waals surface area contributed by atoms with Gasteiger partial charge in [0.15, 0.2) is 11.0 Å². The van der Waals surface area contributed by atoms with E-state index in [0.717, 1.165) is 56.1 Å². The number of pyridine rings is 2. The van der Waals surface area contributed by atoms with Crippen LogP contribution in [0.3, 0.4) is 0 Å². The van der Waals surface area contributed by atoms with Crippen LogP contribution in [-0.4, -0.2) is 19.1 Å². The van der Waals surface area contributed by atoms with Crippen LogP contribution in [0.2, 0.25) is 0 Å². The first kappa shape index (κ1) is 53.1. The van der Waals surface area contributed by atoms with Crippen molar-refractivity contribution in [3.05, 3.63) is 192 Å². The highest BCUT2D eigenvalue weighted by molar-refractivity contribution is 6.09. The second-order valence-electron chi connectivity index (χ2n) is 27.7. The summed E-state index contributed by atoms with van der Waals surface area (Å²) in [6.07, 6.45) is 8.13. The lowest BCUT2D eigenvalue weighted by atomic mass is 9.74. The zero-order chi connectivity index (χ0) is 55.4. The topological polar surface area (TPSA) is 48.8 Å². The zero-order valence-electron chi connectivity index (χ0n) is 49.2. The maximum absolute atomic E-state index is 6.91. The molecule has 0 unspecified atom stereocenters. The number of ether oxygens (including phenoxy) is 1. The SMILES string of the molecule is CC(C)(C)c1ccnc(-n2c3ccccc3c3ccc(Oc4cccc(-n5c[n+](-c6c(-c7cc(C(C)(C)C)ccc7C(C)(C)C)cc(C(C)(C)C)cc6-c6cc(C(C)(C)C)ccc6C(C)(C)C)c6ccncc65)c4)cc32)c1. The molecule has 0 saturated heterocycles. The van der Waals surface area contributed by atoms with Gasteiger partial charge < -0.3 is 4.74 Å². The number of hydrogen-bond acceptors (Lipinski definition) is 3. The van der Waals surface area contributed by atoms with E-state index in [1.165, 1.54) is 61.0 Å². The number of rotatable bonds is 7. The van der Waals surface area contributed by atoms with Crippen molar-refractivity contribution < 1.29 is 9.30 Å². The molecule has 77 heavy (non-hydrogen) atoms. The van der Waals surface area contributed by atoms with Crippen LogP contribution in [0, 0.1) is 0 Å². The predicted molar refractivity (Wildman–Crippen MR) is 324 cm³/mol. The summed E-state index contributed by atoms with van der Waals surface area (Å²) in [5, 5.41) is 2.32. The molecule has 4 aromatic heterocycles. The van der Waals surface area contributed by atoms with Crippen LogP contribution in [0.15, 0.2) is 158 Å². The molecule has 10 rings (SSSR count). The third-order valence-corrected chi connectivity index (χ3v) is 15.5. The molecule has 0 atom stereocenters. The van der Waals surface area contributed by atoms with E-state index in [1.54, 1.807) is 0 Å². The molecule has 0 aliphatic heterocycles. The van der Waals surface area contributed by atoms with Crippen molar-refractivity contribution in [2.75, 3.05) is 0 Å². The number of para-hydroxylation sites is 1. The van der Waals surface area contributed by atoms with E-state index >= 15 is 0 Å². The Morgan fingerprint density at radius 3 is 1.55 bits per heavy atom. The summed E-state index contributed by atoms with van der Waals surface area (Å²) >= 11 is 0. The fourth-order valence-corrected chi connectivity index (χ4v) is 11.0. The molecule has 0 spiro atoms. The molecule has 6 heteroatoms. The van der Waals surface area contributed by atoms with E-state index in [-0.39, 0.29) is 32.5 Å². The lowest BCUT2D eigenvalue weighted by Gasteiger charge is -2.31. The van der Waals surface area contributed by atoms with Crippen LogP contribution in [0.4, 0.5) is 0 Å². The highest BCUT2D eigenvalue weighted by Gasteiger charge is 2.34. The molecule has 4 heterocycles. The van der Waals surface area contributed by atoms with Crippen LogP contribution in [-0.2, 0) is 32.5 Å². The average molecular weight is 1020 g/mol. The zero-order valence-corrected chi connectivity index (χ0v) is 49.2. The van der Waals surface area contributed by atoms with Gasteiger partial charge in [-0.3, -0.25) is 9.55 Å². The van der Waals surface area contributed by atoms with Gasteiger partial charge in [0, 0.05) is 52.5 Å². The molecule has 0 bridgehead atoms. The molecule has 10 aromatic rings. The van der Waals surface area contributed by atoms with Crippen molar-refractivity contribution in [1.29, 1.82) is 0 Å². The fraction of sp³-hybridized carbons (Fsp3) is 0.338. The van der Waals surface area contributed by atoms with E-state index in [9.17, 15) is 0 Å². The quantitative estimate of drug-likeness (QED) is 0.150. The molecule has 0 N–H and O–H groups in total. The molecule has 394 valence electrons. The fourth-order valence-electron chi connectivity index (χ4n) is 11.0. The minimum absolute atomic E-state index is 0.0285. The molecule has 0 radical (unpaired) electrons. The van der Waals surface area contributed by atoms with Crippen LogP contribution in [0.1, 0.15) is 158 Å². The van der Waals surface area contributed by atoms with Gasteiger partial charge in [0.1, 0.15) is 28.7 Å². The minimum atomic E-state index is -0.159. The molecule has 0 amide bonds. The first-order chi connectivity index (χ1) is 36.0. The van der Waals surface area contributed by atoms with Gasteiger partial charge in [-0.25, -0.2) is 4.98 Å². The second kappa shape index (κ2) is 18.7. The highest BCUT2D eigenvalue weighted by atomic mass is 16.5. The molecule has 0 aliphatic carbocycles. The first-order valence-corrected chi connectivity index (χ1v) is 27.6. The standard InChI is InChI=1S/C71H80N5O/c1-66(2,3)45-26-30-58(70(13,14)15)54(36-45)56-38-48(69(10,11)12)39-57(55-37-46(67(4,5)6)27-31-59(55)71(16,17)18)65(56)75-44-74(63-43-72-34-33-61(63)75)49-22-21-23-50(41-49)77-51-28-29-53-52-24-19-20-25-60(52)76(62(53)42-51)64-40-47(32-35-73-64)68(7,8)9/h19-44H,1-18H3/q+1. The van der Waals surface area contributed by atoms with Gasteiger partial charge in [0.05, 0.1) is 17.2 Å². The molecule has 6 nitrogen and oxygen atoms in total. The van der Waals surface area contributed by atoms with Crippen molar-refractivity contribution in [1.82, 2.24) is 19.1 Å². The number of benzene rings is 6. The largest absolute Gasteiger partial charge is 0.457 e. The van der Waals surface area contributed by atoms with E-state index in [0.29, 0.717) is 0 Å². The summed E-state index contributed by atoms with van der Waals surface area (Å²) in [7, 11) is 0. The molecule has 0 fully saturated rings. The summed E-state index contributed by atoms with van der Waals surface area (Å²) < 4.78 is 13.9. The van der Waals surface area contributed by atoms with Gasteiger partial charge in [-0.2, -0.15) is 9.13 Å². The van der Waals surface area contributed by atoms with Crippen LogP contribution in [0.25, 0.3) is 72.3 Å². The van der Waals surface area contributed by atoms with E-state index in [4.69, 9.17) is 14.7 Å². The summed E-state index contributed by atoms with van der Waals surface area (Å²) in [5.74, 6) is 2.36. The predicted octanol–water partition coefficient (Wildman–Crippen LogP) is 18.7. The van der Waals surface area contributed by atoms with Crippen LogP contribution in [0.5, 0.6) is 11.5 Å². The molecule has 0 saturated carbocycles. The third-order valence-electron chi connectivity index (χ3n) is 15.5. The number of aromatic nitrogens is 5. The Kier molecular flexibility index (Phi) is 12.9. The van der Waals surface area contributed by atoms with Gasteiger partial charge in [0.25, 0.3) is 6.33 Å². The highest BCUT2D eigenvalue weighted by Crippen LogP contribution is 2.47. The van der Waals surface area contributed by atoms with Gasteiger partial charge >= 0.3 is 0 Å². The average Bonchev–Trinajstić information content (AvgIpc) is 3.98. The number of imidazole rings is 1. The smallest absolute Gasteiger partial charge is 0.255 e. The Labute approximate surface area is 458 Å². The molecule has 6 aromatic carbocycles. The maximum atomic E-state index is 6.91. The Morgan fingerprint density at radius 2 is 0.961 bits per heavy atom. The summed E-state index contributed by atoms with van der Waals surface area (Å²) in [6, 6.07) is 49.4. The minimum Gasteiger partial charge on any atom is -0.457 e. The third kappa shape index (κ3) is 10.1. The van der Waals surface area contributed by atoms with Gasteiger partial charge in [0.2, 0.25) is 0 Å². The Balaban J connectivity index is 1.21. The van der Waals surface area contributed by atoms with E-state index < -0.39 is 0 Å². The van der Waals surface area contributed by atoms with Gasteiger partial charge in [-0.05, 0) is 132 Å². The van der Waals surface area contributed by atoms with Crippen molar-refractivity contribution in [3.63, 3.8) is 0 Å². The Bertz CT molecular complexity index is 3800. The van der Waals surface area contributed by atoms with Gasteiger partial charge in [-0.1, -0.05) is 185 Å². The normalized spacial score (nSPS) is 13.1. The summed E-state index contributed by atoms with van der Waals surface area (Å²) in [4.78, 5) is 9.73. The monoisotopic (exact) mass is 1020 g/mol. The number of nitrogens with zero attached hydrogens (tertiary/aromatic N) is 5. The first-order valence-electron chi connectivity index (χ1n) is 27.6. The molecular formula is C71H80N5O+. The number of fused-ring (bicyclic) bond motifs is 4. The van der Waals surface area contributed by atoms with Crippen molar-refractivity contribution in [3.8, 4) is 50.9 Å². The number of hydrogen-bond donors (Lipinski definition) is 0.